The van der Waals surface area contributed by atoms with Crippen LogP contribution in [0.4, 0.5) is 0 Å². The number of thiophene rings is 1. The maximum Gasteiger partial charge on any atom is 0.312 e. The number of pyridine rings is 1. The zero-order chi connectivity index (χ0) is 20.9. The lowest BCUT2D eigenvalue weighted by Crippen LogP contribution is -2.53. The summed E-state index contributed by atoms with van der Waals surface area (Å²) in [6, 6.07) is 15.7. The predicted molar refractivity (Wildman–Crippen MR) is 120 cm³/mol. The smallest absolute Gasteiger partial charge is 0.312 e. The van der Waals surface area contributed by atoms with Crippen LogP contribution in [0.3, 0.4) is 0 Å². The summed E-state index contributed by atoms with van der Waals surface area (Å²) in [5.41, 5.74) is 3.10. The maximum absolute atomic E-state index is 12.6. The standard InChI is InChI=1S/C23H20ClN3O2S/c24-21-10-9-20(30-21)4-2-12-26-13-14-27(23(29)22(26)28)16-17-5-7-18(8-6-17)19-3-1-11-25-15-19/h1-11,15H,12-14,16H2/b4-2+. The number of nitrogens with zero attached hydrogens (tertiary/aromatic N) is 3. The SMILES string of the molecule is O=C1C(=O)N(Cc2ccc(-c3cccnc3)cc2)CCN1C/C=C/c1ccc(Cl)s1. The molecule has 2 amide bonds. The van der Waals surface area contributed by atoms with Crippen LogP contribution in [0.15, 0.2) is 67.0 Å². The molecule has 3 aromatic rings. The Kier molecular flexibility index (Phi) is 6.26. The predicted octanol–water partition coefficient (Wildman–Crippen LogP) is 4.35. The third-order valence-electron chi connectivity index (χ3n) is 4.92. The Morgan fingerprint density at radius 3 is 2.43 bits per heavy atom. The highest BCUT2D eigenvalue weighted by Crippen LogP contribution is 2.23. The highest BCUT2D eigenvalue weighted by atomic mass is 35.5. The largest absolute Gasteiger partial charge is 0.329 e. The van der Waals surface area contributed by atoms with Crippen molar-refractivity contribution in [1.29, 1.82) is 0 Å². The minimum Gasteiger partial charge on any atom is -0.329 e. The quantitative estimate of drug-likeness (QED) is 0.539. The molecule has 0 radical (unpaired) electrons. The van der Waals surface area contributed by atoms with Crippen molar-refractivity contribution in [2.24, 2.45) is 0 Å². The summed E-state index contributed by atoms with van der Waals surface area (Å²) in [6.45, 7) is 1.88. The summed E-state index contributed by atoms with van der Waals surface area (Å²) in [4.78, 5) is 33.4. The number of aromatic nitrogens is 1. The molecule has 0 spiro atoms. The van der Waals surface area contributed by atoms with Crippen LogP contribution in [-0.4, -0.2) is 46.2 Å². The maximum atomic E-state index is 12.6. The van der Waals surface area contributed by atoms with Gasteiger partial charge in [-0.1, -0.05) is 48.0 Å². The van der Waals surface area contributed by atoms with E-state index in [0.717, 1.165) is 25.9 Å². The normalized spacial score (nSPS) is 14.7. The van der Waals surface area contributed by atoms with Crippen LogP contribution >= 0.6 is 22.9 Å². The summed E-state index contributed by atoms with van der Waals surface area (Å²) in [6.07, 6.45) is 7.37. The molecule has 0 unspecified atom stereocenters. The van der Waals surface area contributed by atoms with Crippen molar-refractivity contribution in [2.75, 3.05) is 19.6 Å². The summed E-state index contributed by atoms with van der Waals surface area (Å²) < 4.78 is 0.725. The molecule has 0 saturated carbocycles. The average molecular weight is 438 g/mol. The van der Waals surface area contributed by atoms with E-state index in [0.29, 0.717) is 26.2 Å². The van der Waals surface area contributed by atoms with Gasteiger partial charge in [-0.25, -0.2) is 0 Å². The van der Waals surface area contributed by atoms with Gasteiger partial charge in [0.2, 0.25) is 0 Å². The summed E-state index contributed by atoms with van der Waals surface area (Å²) in [7, 11) is 0. The summed E-state index contributed by atoms with van der Waals surface area (Å²) in [5.74, 6) is -0.910. The molecule has 0 atom stereocenters. The second-order valence-electron chi connectivity index (χ2n) is 6.96. The lowest BCUT2D eigenvalue weighted by Gasteiger charge is -2.33. The third-order valence-corrected chi connectivity index (χ3v) is 6.12. The van der Waals surface area contributed by atoms with Crippen LogP contribution in [0.1, 0.15) is 10.4 Å². The minimum atomic E-state index is -0.456. The molecule has 0 N–H and O–H groups in total. The van der Waals surface area contributed by atoms with Crippen molar-refractivity contribution in [1.82, 2.24) is 14.8 Å². The van der Waals surface area contributed by atoms with Crippen molar-refractivity contribution in [3.05, 3.63) is 81.8 Å². The molecule has 0 bridgehead atoms. The van der Waals surface area contributed by atoms with E-state index >= 15 is 0 Å². The van der Waals surface area contributed by atoms with Crippen molar-refractivity contribution in [2.45, 2.75) is 6.54 Å². The average Bonchev–Trinajstić information content (AvgIpc) is 3.19. The Balaban J connectivity index is 1.34. The highest BCUT2D eigenvalue weighted by molar-refractivity contribution is 7.16. The number of halogens is 1. The van der Waals surface area contributed by atoms with Gasteiger partial charge in [0.1, 0.15) is 0 Å². The van der Waals surface area contributed by atoms with Gasteiger partial charge in [0, 0.05) is 43.4 Å². The van der Waals surface area contributed by atoms with E-state index in [-0.39, 0.29) is 0 Å². The number of carbonyl (C=O) groups excluding carboxylic acids is 2. The molecule has 30 heavy (non-hydrogen) atoms. The molecule has 0 aliphatic carbocycles. The molecule has 7 heteroatoms. The first kappa shape index (κ1) is 20.3. The number of piperazine rings is 1. The molecule has 3 heterocycles. The Bertz CT molecular complexity index is 1060. The highest BCUT2D eigenvalue weighted by Gasteiger charge is 2.31. The van der Waals surface area contributed by atoms with Gasteiger partial charge in [0.25, 0.3) is 0 Å². The Morgan fingerprint density at radius 1 is 0.967 bits per heavy atom. The molecule has 1 fully saturated rings. The molecule has 1 aliphatic rings. The number of amides is 2. The molecule has 5 nitrogen and oxygen atoms in total. The van der Waals surface area contributed by atoms with Gasteiger partial charge >= 0.3 is 11.8 Å². The number of benzene rings is 1. The van der Waals surface area contributed by atoms with Crippen LogP contribution in [0, 0.1) is 0 Å². The zero-order valence-corrected chi connectivity index (χ0v) is 17.8. The number of hydrogen-bond acceptors (Lipinski definition) is 4. The van der Waals surface area contributed by atoms with Crippen molar-refractivity contribution in [3.8, 4) is 11.1 Å². The zero-order valence-electron chi connectivity index (χ0n) is 16.2. The van der Waals surface area contributed by atoms with Crippen LogP contribution in [0.2, 0.25) is 4.34 Å². The fourth-order valence-electron chi connectivity index (χ4n) is 3.31. The molecular formula is C23H20ClN3O2S. The van der Waals surface area contributed by atoms with Gasteiger partial charge < -0.3 is 9.80 Å². The van der Waals surface area contributed by atoms with E-state index in [1.165, 1.54) is 11.3 Å². The summed E-state index contributed by atoms with van der Waals surface area (Å²) >= 11 is 7.39. The number of hydrogen-bond donors (Lipinski definition) is 0. The van der Waals surface area contributed by atoms with E-state index in [1.807, 2.05) is 66.9 Å². The van der Waals surface area contributed by atoms with Gasteiger partial charge in [-0.15, -0.1) is 11.3 Å². The van der Waals surface area contributed by atoms with E-state index in [4.69, 9.17) is 11.6 Å². The lowest BCUT2D eigenvalue weighted by molar-refractivity contribution is -0.156. The van der Waals surface area contributed by atoms with E-state index in [2.05, 4.69) is 4.98 Å². The van der Waals surface area contributed by atoms with Gasteiger partial charge in [-0.05, 0) is 41.0 Å². The molecule has 2 aromatic heterocycles. The first-order valence-corrected chi connectivity index (χ1v) is 10.8. The Morgan fingerprint density at radius 2 is 1.73 bits per heavy atom. The first-order valence-electron chi connectivity index (χ1n) is 9.59. The fraction of sp³-hybridized carbons (Fsp3) is 0.174. The van der Waals surface area contributed by atoms with Crippen LogP contribution in [0.5, 0.6) is 0 Å². The molecule has 1 aliphatic heterocycles. The van der Waals surface area contributed by atoms with Crippen LogP contribution in [0.25, 0.3) is 17.2 Å². The van der Waals surface area contributed by atoms with Gasteiger partial charge in [0.15, 0.2) is 0 Å². The monoisotopic (exact) mass is 437 g/mol. The summed E-state index contributed by atoms with van der Waals surface area (Å²) in [5, 5.41) is 0. The minimum absolute atomic E-state index is 0.410. The molecule has 152 valence electrons. The van der Waals surface area contributed by atoms with Crippen molar-refractivity contribution < 1.29 is 9.59 Å². The number of carbonyl (C=O) groups is 2. The second-order valence-corrected chi connectivity index (χ2v) is 8.71. The van der Waals surface area contributed by atoms with E-state index < -0.39 is 11.8 Å². The van der Waals surface area contributed by atoms with Gasteiger partial charge in [-0.2, -0.15) is 0 Å². The van der Waals surface area contributed by atoms with Crippen LogP contribution < -0.4 is 0 Å². The molecular weight excluding hydrogens is 418 g/mol. The van der Waals surface area contributed by atoms with Crippen molar-refractivity contribution >= 4 is 40.8 Å². The Hall–Kier alpha value is -2.96. The first-order chi connectivity index (χ1) is 14.6. The lowest BCUT2D eigenvalue weighted by atomic mass is 10.1. The third kappa shape index (κ3) is 4.78. The van der Waals surface area contributed by atoms with Crippen molar-refractivity contribution in [3.63, 3.8) is 0 Å². The van der Waals surface area contributed by atoms with Gasteiger partial charge in [0.05, 0.1) is 4.34 Å². The topological polar surface area (TPSA) is 53.5 Å². The van der Waals surface area contributed by atoms with Crippen LogP contribution in [-0.2, 0) is 16.1 Å². The Labute approximate surface area is 184 Å². The number of rotatable bonds is 6. The van der Waals surface area contributed by atoms with E-state index in [9.17, 15) is 9.59 Å². The molecule has 1 aromatic carbocycles. The fourth-order valence-corrected chi connectivity index (χ4v) is 4.30. The molecule has 4 rings (SSSR count). The van der Waals surface area contributed by atoms with E-state index in [1.54, 1.807) is 16.0 Å². The second kappa shape index (κ2) is 9.24. The van der Waals surface area contributed by atoms with Gasteiger partial charge in [-0.3, -0.25) is 14.6 Å². The molecule has 1 saturated heterocycles.